The number of rotatable bonds is 4. The Morgan fingerprint density at radius 2 is 1.54 bits per heavy atom. The van der Waals surface area contributed by atoms with E-state index in [-0.39, 0.29) is 12.1 Å². The molecule has 3 heteroatoms. The third kappa shape index (κ3) is 2.76. The van der Waals surface area contributed by atoms with Crippen LogP contribution in [0.15, 0.2) is 78.9 Å². The van der Waals surface area contributed by atoms with Crippen LogP contribution in [-0.2, 0) is 11.3 Å². The molecule has 0 N–H and O–H groups in total. The maximum atomic E-state index is 11.9. The molecule has 118 valence electrons. The van der Waals surface area contributed by atoms with Crippen molar-refractivity contribution in [1.29, 1.82) is 0 Å². The number of carbonyl (C=O) groups excluding carboxylic acids is 1. The van der Waals surface area contributed by atoms with Gasteiger partial charge in [-0.3, -0.25) is 0 Å². The molecule has 3 aromatic carbocycles. The van der Waals surface area contributed by atoms with Crippen molar-refractivity contribution in [1.82, 2.24) is 0 Å². The van der Waals surface area contributed by atoms with Gasteiger partial charge in [-0.15, -0.1) is 0 Å². The summed E-state index contributed by atoms with van der Waals surface area (Å²) in [5.41, 5.74) is 3.63. The van der Waals surface area contributed by atoms with E-state index in [0.717, 1.165) is 22.4 Å². The van der Waals surface area contributed by atoms with Crippen molar-refractivity contribution in [3.8, 4) is 5.75 Å². The minimum Gasteiger partial charge on any atom is -0.489 e. The van der Waals surface area contributed by atoms with Crippen molar-refractivity contribution < 1.29 is 14.3 Å². The Bertz CT molecular complexity index is 854. The molecule has 0 bridgehead atoms. The van der Waals surface area contributed by atoms with E-state index in [1.807, 2.05) is 72.8 Å². The van der Waals surface area contributed by atoms with E-state index in [1.54, 1.807) is 6.07 Å². The minimum absolute atomic E-state index is 0.264. The lowest BCUT2D eigenvalue weighted by atomic mass is 9.99. The molecule has 0 radical (unpaired) electrons. The number of fused-ring (bicyclic) bond motifs is 1. The molecule has 0 saturated carbocycles. The quantitative estimate of drug-likeness (QED) is 0.664. The van der Waals surface area contributed by atoms with Crippen LogP contribution in [0, 0.1) is 0 Å². The van der Waals surface area contributed by atoms with Crippen molar-refractivity contribution >= 4 is 5.97 Å². The zero-order chi connectivity index (χ0) is 16.4. The highest BCUT2D eigenvalue weighted by Crippen LogP contribution is 2.36. The van der Waals surface area contributed by atoms with Crippen molar-refractivity contribution in [2.75, 3.05) is 0 Å². The average Bonchev–Trinajstić information content (AvgIpc) is 2.99. The fourth-order valence-corrected chi connectivity index (χ4v) is 2.87. The molecule has 1 heterocycles. The number of ether oxygens (including phenoxy) is 2. The molecule has 0 fully saturated rings. The Labute approximate surface area is 140 Å². The first kappa shape index (κ1) is 14.5. The number of hydrogen-bond donors (Lipinski definition) is 0. The summed E-state index contributed by atoms with van der Waals surface area (Å²) in [5, 5.41) is 0. The Kier molecular flexibility index (Phi) is 3.75. The molecule has 24 heavy (non-hydrogen) atoms. The highest BCUT2D eigenvalue weighted by Gasteiger charge is 2.31. The van der Waals surface area contributed by atoms with Crippen LogP contribution in [-0.4, -0.2) is 5.97 Å². The topological polar surface area (TPSA) is 35.5 Å². The van der Waals surface area contributed by atoms with E-state index >= 15 is 0 Å². The smallest absolute Gasteiger partial charge is 0.339 e. The molecule has 0 aliphatic carbocycles. The molecule has 0 spiro atoms. The second kappa shape index (κ2) is 6.20. The van der Waals surface area contributed by atoms with Crippen LogP contribution in [0.25, 0.3) is 0 Å². The first-order valence-electron chi connectivity index (χ1n) is 7.88. The van der Waals surface area contributed by atoms with Gasteiger partial charge in [0.15, 0.2) is 6.10 Å². The summed E-state index contributed by atoms with van der Waals surface area (Å²) < 4.78 is 11.3. The molecular formula is C21H16O3. The van der Waals surface area contributed by atoms with Crippen LogP contribution in [0.5, 0.6) is 5.75 Å². The van der Waals surface area contributed by atoms with Crippen molar-refractivity contribution in [2.24, 2.45) is 0 Å². The van der Waals surface area contributed by atoms with Gasteiger partial charge in [0, 0.05) is 5.56 Å². The van der Waals surface area contributed by atoms with Crippen LogP contribution in [0.2, 0.25) is 0 Å². The molecule has 3 nitrogen and oxygen atoms in total. The first-order valence-corrected chi connectivity index (χ1v) is 7.88. The third-order valence-electron chi connectivity index (χ3n) is 4.12. The summed E-state index contributed by atoms with van der Waals surface area (Å²) in [4.78, 5) is 11.9. The summed E-state index contributed by atoms with van der Waals surface area (Å²) in [7, 11) is 0. The molecule has 1 aliphatic rings. The van der Waals surface area contributed by atoms with Crippen LogP contribution >= 0.6 is 0 Å². The predicted molar refractivity (Wildman–Crippen MR) is 90.9 cm³/mol. The third-order valence-corrected chi connectivity index (χ3v) is 4.12. The van der Waals surface area contributed by atoms with Gasteiger partial charge in [0.2, 0.25) is 0 Å². The van der Waals surface area contributed by atoms with Crippen molar-refractivity contribution in [2.45, 2.75) is 12.7 Å². The van der Waals surface area contributed by atoms with Gasteiger partial charge in [-0.25, -0.2) is 4.79 Å². The lowest BCUT2D eigenvalue weighted by Crippen LogP contribution is -2.01. The van der Waals surface area contributed by atoms with Crippen LogP contribution in [0.3, 0.4) is 0 Å². The highest BCUT2D eigenvalue weighted by molar-refractivity contribution is 5.94. The maximum Gasteiger partial charge on any atom is 0.339 e. The molecule has 4 rings (SSSR count). The van der Waals surface area contributed by atoms with E-state index in [0.29, 0.717) is 12.2 Å². The zero-order valence-corrected chi connectivity index (χ0v) is 13.0. The molecule has 1 aliphatic heterocycles. The van der Waals surface area contributed by atoms with Gasteiger partial charge in [0.25, 0.3) is 0 Å². The lowest BCUT2D eigenvalue weighted by Gasteiger charge is -2.12. The highest BCUT2D eigenvalue weighted by atomic mass is 16.5. The molecule has 1 unspecified atom stereocenters. The number of carbonyl (C=O) groups is 1. The monoisotopic (exact) mass is 316 g/mol. The predicted octanol–water partition coefficient (Wildman–Crippen LogP) is 4.53. The summed E-state index contributed by atoms with van der Waals surface area (Å²) in [6.45, 7) is 0.529. The average molecular weight is 316 g/mol. The van der Waals surface area contributed by atoms with E-state index in [2.05, 4.69) is 0 Å². The number of cyclic esters (lactones) is 1. The number of hydrogen-bond acceptors (Lipinski definition) is 3. The molecule has 0 aromatic heterocycles. The standard InChI is InChI=1S/C21H16O3/c22-21-19-9-5-4-8-18(19)20(24-21)16-10-12-17(13-11-16)23-14-15-6-2-1-3-7-15/h1-13,20H,14H2. The Hall–Kier alpha value is -3.07. The SMILES string of the molecule is O=C1OC(c2ccc(OCc3ccccc3)cc2)c2ccccc21. The number of benzene rings is 3. The van der Waals surface area contributed by atoms with Gasteiger partial charge >= 0.3 is 5.97 Å². The Morgan fingerprint density at radius 1 is 0.833 bits per heavy atom. The van der Waals surface area contributed by atoms with Gasteiger partial charge in [-0.1, -0.05) is 60.7 Å². The lowest BCUT2D eigenvalue weighted by molar-refractivity contribution is 0.0456. The van der Waals surface area contributed by atoms with E-state index in [9.17, 15) is 4.79 Å². The maximum absolute atomic E-state index is 11.9. The van der Waals surface area contributed by atoms with E-state index < -0.39 is 0 Å². The second-order valence-electron chi connectivity index (χ2n) is 5.72. The van der Waals surface area contributed by atoms with Gasteiger partial charge < -0.3 is 9.47 Å². The van der Waals surface area contributed by atoms with Gasteiger partial charge in [-0.2, -0.15) is 0 Å². The van der Waals surface area contributed by atoms with Crippen LogP contribution in [0.1, 0.15) is 33.2 Å². The summed E-state index contributed by atoms with van der Waals surface area (Å²) in [5.74, 6) is 0.528. The summed E-state index contributed by atoms with van der Waals surface area (Å²) in [6, 6.07) is 25.3. The molecule has 0 saturated heterocycles. The molecule has 0 amide bonds. The van der Waals surface area contributed by atoms with E-state index in [1.165, 1.54) is 0 Å². The largest absolute Gasteiger partial charge is 0.489 e. The van der Waals surface area contributed by atoms with E-state index in [4.69, 9.17) is 9.47 Å². The van der Waals surface area contributed by atoms with Crippen LogP contribution < -0.4 is 4.74 Å². The Balaban J connectivity index is 1.50. The fourth-order valence-electron chi connectivity index (χ4n) is 2.87. The Morgan fingerprint density at radius 3 is 2.33 bits per heavy atom. The first-order chi connectivity index (χ1) is 11.8. The molecule has 3 aromatic rings. The minimum atomic E-state index is -0.336. The zero-order valence-electron chi connectivity index (χ0n) is 13.0. The van der Waals surface area contributed by atoms with Crippen LogP contribution in [0.4, 0.5) is 0 Å². The summed E-state index contributed by atoms with van der Waals surface area (Å²) in [6.07, 6.45) is -0.336. The van der Waals surface area contributed by atoms with Crippen molar-refractivity contribution in [3.05, 3.63) is 101 Å². The summed E-state index contributed by atoms with van der Waals surface area (Å²) >= 11 is 0. The van der Waals surface area contributed by atoms with Gasteiger partial charge in [0.1, 0.15) is 12.4 Å². The van der Waals surface area contributed by atoms with Gasteiger partial charge in [0.05, 0.1) is 5.56 Å². The van der Waals surface area contributed by atoms with Gasteiger partial charge in [-0.05, 0) is 29.3 Å². The van der Waals surface area contributed by atoms with Crippen molar-refractivity contribution in [3.63, 3.8) is 0 Å². The second-order valence-corrected chi connectivity index (χ2v) is 5.72. The number of esters is 1. The normalized spacial score (nSPS) is 15.7. The molecule has 1 atom stereocenters. The molecular weight excluding hydrogens is 300 g/mol. The fraction of sp³-hybridized carbons (Fsp3) is 0.0952.